The summed E-state index contributed by atoms with van der Waals surface area (Å²) >= 11 is 0. The number of hydrogen-bond acceptors (Lipinski definition) is 3. The van der Waals surface area contributed by atoms with Crippen LogP contribution in [0.25, 0.3) is 5.69 Å². The van der Waals surface area contributed by atoms with Crippen LogP contribution < -0.4 is 11.0 Å². The molecule has 0 saturated heterocycles. The number of rotatable bonds is 3. The molecule has 0 aliphatic carbocycles. The molecule has 0 bridgehead atoms. The van der Waals surface area contributed by atoms with Crippen molar-refractivity contribution in [2.45, 2.75) is 6.92 Å². The molecular weight excluding hydrogens is 220 g/mol. The standard InChI is InChI=1S/C11H12N4O2/c1-2-12-10(16)9-13-11(17)15(14-9)8-6-4-3-5-7-8/h3-7H,2H2,1H3,(H,12,16)(H,13,14,17). The van der Waals surface area contributed by atoms with Crippen LogP contribution in [0.5, 0.6) is 0 Å². The van der Waals surface area contributed by atoms with Crippen LogP contribution in [0, 0.1) is 0 Å². The van der Waals surface area contributed by atoms with Crippen molar-refractivity contribution in [2.75, 3.05) is 6.54 Å². The van der Waals surface area contributed by atoms with E-state index in [1.54, 1.807) is 31.2 Å². The summed E-state index contributed by atoms with van der Waals surface area (Å²) in [6.45, 7) is 2.28. The highest BCUT2D eigenvalue weighted by atomic mass is 16.2. The third-order valence-corrected chi connectivity index (χ3v) is 2.17. The zero-order chi connectivity index (χ0) is 12.3. The van der Waals surface area contributed by atoms with E-state index in [0.717, 1.165) is 4.68 Å². The second kappa shape index (κ2) is 4.65. The lowest BCUT2D eigenvalue weighted by atomic mass is 10.3. The van der Waals surface area contributed by atoms with E-state index in [4.69, 9.17) is 0 Å². The van der Waals surface area contributed by atoms with Crippen LogP contribution in [-0.4, -0.2) is 27.2 Å². The minimum atomic E-state index is -0.433. The number of H-pyrrole nitrogens is 1. The van der Waals surface area contributed by atoms with E-state index in [1.807, 2.05) is 6.07 Å². The zero-order valence-corrected chi connectivity index (χ0v) is 9.30. The molecule has 0 fully saturated rings. The normalized spacial score (nSPS) is 10.2. The third kappa shape index (κ3) is 2.25. The van der Waals surface area contributed by atoms with Crippen LogP contribution in [0.1, 0.15) is 17.5 Å². The first-order valence-corrected chi connectivity index (χ1v) is 5.25. The van der Waals surface area contributed by atoms with Crippen molar-refractivity contribution < 1.29 is 4.79 Å². The zero-order valence-electron chi connectivity index (χ0n) is 9.30. The van der Waals surface area contributed by atoms with Crippen molar-refractivity contribution in [2.24, 2.45) is 0 Å². The number of nitrogens with one attached hydrogen (secondary N) is 2. The van der Waals surface area contributed by atoms with Gasteiger partial charge in [0.05, 0.1) is 5.69 Å². The lowest BCUT2D eigenvalue weighted by Gasteiger charge is -1.98. The molecule has 1 heterocycles. The fourth-order valence-electron chi connectivity index (χ4n) is 1.42. The Morgan fingerprint density at radius 1 is 1.41 bits per heavy atom. The molecule has 0 aliphatic rings. The first kappa shape index (κ1) is 11.1. The lowest BCUT2D eigenvalue weighted by Crippen LogP contribution is -2.24. The first-order valence-electron chi connectivity index (χ1n) is 5.25. The minimum Gasteiger partial charge on any atom is -0.350 e. The number of nitrogens with zero attached hydrogens (tertiary/aromatic N) is 2. The predicted molar refractivity (Wildman–Crippen MR) is 62.2 cm³/mol. The van der Waals surface area contributed by atoms with Gasteiger partial charge >= 0.3 is 5.69 Å². The van der Waals surface area contributed by atoms with Gasteiger partial charge < -0.3 is 5.32 Å². The van der Waals surface area contributed by atoms with Gasteiger partial charge in [0.15, 0.2) is 0 Å². The smallest absolute Gasteiger partial charge is 0.348 e. The molecule has 0 unspecified atom stereocenters. The van der Waals surface area contributed by atoms with Crippen LogP contribution in [0.3, 0.4) is 0 Å². The Hall–Kier alpha value is -2.37. The van der Waals surface area contributed by atoms with E-state index >= 15 is 0 Å². The lowest BCUT2D eigenvalue weighted by molar-refractivity contribution is 0.0945. The molecule has 0 aliphatic heterocycles. The maximum absolute atomic E-state index is 11.6. The highest BCUT2D eigenvalue weighted by Gasteiger charge is 2.12. The van der Waals surface area contributed by atoms with Crippen molar-refractivity contribution in [3.05, 3.63) is 46.6 Å². The third-order valence-electron chi connectivity index (χ3n) is 2.17. The Balaban J connectivity index is 2.38. The van der Waals surface area contributed by atoms with Gasteiger partial charge in [-0.3, -0.25) is 9.78 Å². The van der Waals surface area contributed by atoms with Crippen LogP contribution in [0.15, 0.2) is 35.1 Å². The van der Waals surface area contributed by atoms with Gasteiger partial charge in [-0.05, 0) is 19.1 Å². The maximum atomic E-state index is 11.6. The van der Waals surface area contributed by atoms with Crippen molar-refractivity contribution in [1.82, 2.24) is 20.1 Å². The summed E-state index contributed by atoms with van der Waals surface area (Å²) in [6, 6.07) is 8.91. The van der Waals surface area contributed by atoms with Crippen LogP contribution >= 0.6 is 0 Å². The second-order valence-electron chi connectivity index (χ2n) is 3.39. The highest BCUT2D eigenvalue weighted by Crippen LogP contribution is 2.01. The van der Waals surface area contributed by atoms with Gasteiger partial charge in [-0.2, -0.15) is 4.68 Å². The van der Waals surface area contributed by atoms with E-state index in [0.29, 0.717) is 12.2 Å². The Kier molecular flexibility index (Phi) is 3.04. The average molecular weight is 232 g/mol. The van der Waals surface area contributed by atoms with Gasteiger partial charge in [-0.15, -0.1) is 5.10 Å². The van der Waals surface area contributed by atoms with E-state index in [2.05, 4.69) is 15.4 Å². The van der Waals surface area contributed by atoms with Crippen molar-refractivity contribution in [3.8, 4) is 5.69 Å². The number of aromatic nitrogens is 3. The number of carbonyl (C=O) groups is 1. The summed E-state index contributed by atoms with van der Waals surface area (Å²) in [4.78, 5) is 25.5. The van der Waals surface area contributed by atoms with E-state index < -0.39 is 5.69 Å². The molecule has 2 N–H and O–H groups in total. The van der Waals surface area contributed by atoms with Crippen LogP contribution in [-0.2, 0) is 0 Å². The Bertz CT molecular complexity index is 571. The molecule has 0 atom stereocenters. The molecule has 0 radical (unpaired) electrons. The number of benzene rings is 1. The predicted octanol–water partition coefficient (Wildman–Crippen LogP) is 0.310. The number of carbonyl (C=O) groups excluding carboxylic acids is 1. The number of aromatic amines is 1. The van der Waals surface area contributed by atoms with Gasteiger partial charge in [0.25, 0.3) is 5.91 Å². The molecule has 0 spiro atoms. The quantitative estimate of drug-likeness (QED) is 0.799. The molecule has 1 aromatic heterocycles. The monoisotopic (exact) mass is 232 g/mol. The molecule has 6 nitrogen and oxygen atoms in total. The maximum Gasteiger partial charge on any atom is 0.348 e. The minimum absolute atomic E-state index is 0.0145. The van der Waals surface area contributed by atoms with Crippen LogP contribution in [0.4, 0.5) is 0 Å². The van der Waals surface area contributed by atoms with E-state index in [-0.39, 0.29) is 11.7 Å². The molecule has 2 aromatic rings. The Morgan fingerprint density at radius 3 is 2.76 bits per heavy atom. The van der Waals surface area contributed by atoms with Crippen LogP contribution in [0.2, 0.25) is 0 Å². The van der Waals surface area contributed by atoms with E-state index in [9.17, 15) is 9.59 Å². The number of para-hydroxylation sites is 1. The molecule has 0 saturated carbocycles. The summed E-state index contributed by atoms with van der Waals surface area (Å²) in [5.41, 5.74) is 0.182. The second-order valence-corrected chi connectivity index (χ2v) is 3.39. The number of hydrogen-bond donors (Lipinski definition) is 2. The van der Waals surface area contributed by atoms with E-state index in [1.165, 1.54) is 0 Å². The SMILES string of the molecule is CCNC(=O)c1nn(-c2ccccc2)c(=O)[nH]1. The van der Waals surface area contributed by atoms with Crippen molar-refractivity contribution in [3.63, 3.8) is 0 Å². The van der Waals surface area contributed by atoms with Gasteiger partial charge in [-0.25, -0.2) is 4.79 Å². The topological polar surface area (TPSA) is 79.8 Å². The largest absolute Gasteiger partial charge is 0.350 e. The van der Waals surface area contributed by atoms with Gasteiger partial charge in [0.1, 0.15) is 0 Å². The molecule has 88 valence electrons. The fourth-order valence-corrected chi connectivity index (χ4v) is 1.42. The molecule has 1 amide bonds. The van der Waals surface area contributed by atoms with Gasteiger partial charge in [-0.1, -0.05) is 18.2 Å². The summed E-state index contributed by atoms with van der Waals surface area (Å²) in [5.74, 6) is -0.375. The summed E-state index contributed by atoms with van der Waals surface area (Å²) in [6.07, 6.45) is 0. The molecule has 1 aromatic carbocycles. The highest BCUT2D eigenvalue weighted by molar-refractivity contribution is 5.90. The van der Waals surface area contributed by atoms with Crippen molar-refractivity contribution >= 4 is 5.91 Å². The summed E-state index contributed by atoms with van der Waals surface area (Å²) in [7, 11) is 0. The Labute approximate surface area is 97.3 Å². The fraction of sp³-hybridized carbons (Fsp3) is 0.182. The molecule has 17 heavy (non-hydrogen) atoms. The van der Waals surface area contributed by atoms with Gasteiger partial charge in [0, 0.05) is 6.54 Å². The van der Waals surface area contributed by atoms with Gasteiger partial charge in [0.2, 0.25) is 5.82 Å². The average Bonchev–Trinajstić information content (AvgIpc) is 2.73. The summed E-state index contributed by atoms with van der Waals surface area (Å²) < 4.78 is 1.16. The van der Waals surface area contributed by atoms with Crippen molar-refractivity contribution in [1.29, 1.82) is 0 Å². The summed E-state index contributed by atoms with van der Waals surface area (Å²) in [5, 5.41) is 6.50. The first-order chi connectivity index (χ1) is 8.22. The number of amides is 1. The Morgan fingerprint density at radius 2 is 2.12 bits per heavy atom. The molecule has 6 heteroatoms. The molecular formula is C11H12N4O2. The molecule has 2 rings (SSSR count).